The van der Waals surface area contributed by atoms with Crippen molar-refractivity contribution in [3.8, 4) is 0 Å². The summed E-state index contributed by atoms with van der Waals surface area (Å²) < 4.78 is 15.2. The molecule has 2 aromatic rings. The smallest absolute Gasteiger partial charge is 0.123 e. The Hall–Kier alpha value is -1.72. The van der Waals surface area contributed by atoms with Crippen molar-refractivity contribution >= 4 is 0 Å². The van der Waals surface area contributed by atoms with Gasteiger partial charge in [0.1, 0.15) is 5.82 Å². The average Bonchev–Trinajstić information content (AvgIpc) is 3.15. The van der Waals surface area contributed by atoms with Crippen LogP contribution in [-0.2, 0) is 20.1 Å². The molecule has 0 saturated carbocycles. The van der Waals surface area contributed by atoms with E-state index >= 15 is 0 Å². The van der Waals surface area contributed by atoms with Gasteiger partial charge in [0.25, 0.3) is 0 Å². The summed E-state index contributed by atoms with van der Waals surface area (Å²) in [5.74, 6) is -0.157. The molecule has 0 aliphatic carbocycles. The van der Waals surface area contributed by atoms with Gasteiger partial charge in [0, 0.05) is 51.5 Å². The number of hydrogen-bond acceptors (Lipinski definition) is 3. The van der Waals surface area contributed by atoms with Crippen molar-refractivity contribution in [2.75, 3.05) is 19.6 Å². The minimum atomic E-state index is -0.157. The van der Waals surface area contributed by atoms with E-state index in [-0.39, 0.29) is 5.82 Å². The normalized spacial score (nSPS) is 25.1. The summed E-state index contributed by atoms with van der Waals surface area (Å²) in [5.41, 5.74) is 2.80. The van der Waals surface area contributed by atoms with Crippen LogP contribution < -0.4 is 0 Å². The fourth-order valence-electron chi connectivity index (χ4n) is 3.95. The molecule has 4 nitrogen and oxygen atoms in total. The quantitative estimate of drug-likeness (QED) is 0.866. The lowest BCUT2D eigenvalue weighted by molar-refractivity contribution is -0.0147. The summed E-state index contributed by atoms with van der Waals surface area (Å²) >= 11 is 0. The number of nitrogens with zero attached hydrogens (tertiary/aromatic N) is 4. The minimum absolute atomic E-state index is 0.157. The molecule has 0 bridgehead atoms. The number of rotatable bonds is 4. The second-order valence-corrected chi connectivity index (χ2v) is 6.98. The van der Waals surface area contributed by atoms with Gasteiger partial charge in [-0.05, 0) is 30.5 Å². The Balaban J connectivity index is 1.39. The molecule has 2 fully saturated rings. The van der Waals surface area contributed by atoms with E-state index in [1.54, 1.807) is 12.1 Å². The van der Waals surface area contributed by atoms with Crippen molar-refractivity contribution in [3.05, 3.63) is 53.9 Å². The second-order valence-electron chi connectivity index (χ2n) is 6.98. The largest absolute Gasteiger partial charge is 0.337 e. The Morgan fingerprint density at radius 1 is 1.13 bits per heavy atom. The molecule has 2 aliphatic rings. The summed E-state index contributed by atoms with van der Waals surface area (Å²) in [6, 6.07) is 6.93. The molecular weight excluding hydrogens is 291 g/mol. The highest BCUT2D eigenvalue weighted by Crippen LogP contribution is 2.40. The van der Waals surface area contributed by atoms with Crippen molar-refractivity contribution in [2.45, 2.75) is 31.5 Å². The van der Waals surface area contributed by atoms with Crippen molar-refractivity contribution in [2.24, 2.45) is 7.05 Å². The lowest BCUT2D eigenvalue weighted by atomic mass is 9.83. The first kappa shape index (κ1) is 14.8. The minimum Gasteiger partial charge on any atom is -0.337 e. The van der Waals surface area contributed by atoms with Crippen LogP contribution >= 0.6 is 0 Å². The number of imidazole rings is 1. The lowest BCUT2D eigenvalue weighted by Crippen LogP contribution is -2.60. The van der Waals surface area contributed by atoms with Crippen LogP contribution in [0.25, 0.3) is 0 Å². The number of aryl methyl sites for hydroxylation is 1. The molecule has 5 heteroatoms. The number of aromatic nitrogens is 2. The molecular formula is C18H23FN4. The average molecular weight is 314 g/mol. The zero-order chi connectivity index (χ0) is 15.9. The zero-order valence-electron chi connectivity index (χ0n) is 13.6. The molecule has 3 heterocycles. The van der Waals surface area contributed by atoms with Gasteiger partial charge in [-0.3, -0.25) is 9.80 Å². The molecule has 0 amide bonds. The number of hydrogen-bond donors (Lipinski definition) is 0. The van der Waals surface area contributed by atoms with Crippen molar-refractivity contribution in [3.63, 3.8) is 0 Å². The van der Waals surface area contributed by atoms with Crippen LogP contribution in [0.3, 0.4) is 0 Å². The second kappa shape index (κ2) is 5.73. The van der Waals surface area contributed by atoms with Gasteiger partial charge >= 0.3 is 0 Å². The fourth-order valence-corrected chi connectivity index (χ4v) is 3.95. The summed E-state index contributed by atoms with van der Waals surface area (Å²) in [6.45, 7) is 5.32. The fraction of sp³-hybridized carbons (Fsp3) is 0.500. The Morgan fingerprint density at radius 3 is 2.57 bits per heavy atom. The van der Waals surface area contributed by atoms with E-state index in [9.17, 15) is 4.39 Å². The number of benzene rings is 1. The van der Waals surface area contributed by atoms with Gasteiger partial charge in [-0.15, -0.1) is 0 Å². The first-order valence-corrected chi connectivity index (χ1v) is 8.32. The predicted molar refractivity (Wildman–Crippen MR) is 87.3 cm³/mol. The van der Waals surface area contributed by atoms with Crippen molar-refractivity contribution in [1.29, 1.82) is 0 Å². The van der Waals surface area contributed by atoms with E-state index < -0.39 is 0 Å². The molecule has 2 aliphatic heterocycles. The number of halogens is 1. The van der Waals surface area contributed by atoms with E-state index in [4.69, 9.17) is 0 Å². The Morgan fingerprint density at radius 2 is 1.91 bits per heavy atom. The summed E-state index contributed by atoms with van der Waals surface area (Å²) in [6.07, 6.45) is 6.33. The van der Waals surface area contributed by atoms with Crippen LogP contribution in [0.5, 0.6) is 0 Å². The Bertz CT molecular complexity index is 681. The van der Waals surface area contributed by atoms with Crippen LogP contribution in [0.15, 0.2) is 36.8 Å². The van der Waals surface area contributed by atoms with Gasteiger partial charge in [0.15, 0.2) is 0 Å². The van der Waals surface area contributed by atoms with Crippen LogP contribution in [0.4, 0.5) is 4.39 Å². The first-order valence-electron chi connectivity index (χ1n) is 8.32. The highest BCUT2D eigenvalue weighted by Gasteiger charge is 2.48. The molecule has 0 N–H and O–H groups in total. The van der Waals surface area contributed by atoms with Crippen LogP contribution in [0.2, 0.25) is 0 Å². The van der Waals surface area contributed by atoms with E-state index in [0.717, 1.165) is 32.7 Å². The maximum absolute atomic E-state index is 13.1. The van der Waals surface area contributed by atoms with Gasteiger partial charge in [-0.2, -0.15) is 0 Å². The molecule has 4 rings (SSSR count). The number of likely N-dealkylation sites (tertiary alicyclic amines) is 2. The molecule has 2 saturated heterocycles. The summed E-state index contributed by atoms with van der Waals surface area (Å²) in [7, 11) is 2.05. The van der Waals surface area contributed by atoms with E-state index in [0.29, 0.717) is 5.54 Å². The van der Waals surface area contributed by atoms with Crippen molar-refractivity contribution in [1.82, 2.24) is 19.4 Å². The van der Waals surface area contributed by atoms with Gasteiger partial charge in [-0.25, -0.2) is 9.37 Å². The molecule has 23 heavy (non-hydrogen) atoms. The monoisotopic (exact) mass is 314 g/mol. The first-order chi connectivity index (χ1) is 11.1. The van der Waals surface area contributed by atoms with E-state index in [2.05, 4.69) is 26.4 Å². The third kappa shape index (κ3) is 2.79. The van der Waals surface area contributed by atoms with Gasteiger partial charge in [0.2, 0.25) is 0 Å². The van der Waals surface area contributed by atoms with E-state index in [1.807, 2.05) is 24.7 Å². The van der Waals surface area contributed by atoms with Crippen LogP contribution in [-0.4, -0.2) is 44.5 Å². The third-order valence-electron chi connectivity index (χ3n) is 5.52. The van der Waals surface area contributed by atoms with Gasteiger partial charge in [0.05, 0.1) is 12.0 Å². The molecule has 1 spiro atoms. The lowest BCUT2D eigenvalue weighted by Gasteiger charge is -2.51. The summed E-state index contributed by atoms with van der Waals surface area (Å²) in [5, 5.41) is 0. The maximum Gasteiger partial charge on any atom is 0.123 e. The predicted octanol–water partition coefficient (Wildman–Crippen LogP) is 2.41. The standard InChI is InChI=1S/C18H23FN4/c1-21-14-20-10-17(21)12-22-8-6-18(13-22)7-9-23(18)11-15-2-4-16(19)5-3-15/h2-5,10,14H,6-9,11-13H2,1H3. The Labute approximate surface area is 136 Å². The molecule has 122 valence electrons. The maximum atomic E-state index is 13.1. The molecule has 1 unspecified atom stereocenters. The zero-order valence-corrected chi connectivity index (χ0v) is 13.6. The van der Waals surface area contributed by atoms with Crippen LogP contribution in [0, 0.1) is 5.82 Å². The highest BCUT2D eigenvalue weighted by atomic mass is 19.1. The van der Waals surface area contributed by atoms with Crippen LogP contribution in [0.1, 0.15) is 24.1 Å². The van der Waals surface area contributed by atoms with E-state index in [1.165, 1.54) is 24.1 Å². The summed E-state index contributed by atoms with van der Waals surface area (Å²) in [4.78, 5) is 9.32. The SMILES string of the molecule is Cn1cncc1CN1CCC2(CCN2Cc2ccc(F)cc2)C1. The third-order valence-corrected chi connectivity index (χ3v) is 5.52. The van der Waals surface area contributed by atoms with Gasteiger partial charge in [-0.1, -0.05) is 12.1 Å². The molecule has 1 aromatic heterocycles. The molecule has 1 atom stereocenters. The Kier molecular flexibility index (Phi) is 3.70. The van der Waals surface area contributed by atoms with Gasteiger partial charge < -0.3 is 4.57 Å². The molecule has 0 radical (unpaired) electrons. The topological polar surface area (TPSA) is 24.3 Å². The molecule has 1 aromatic carbocycles. The highest BCUT2D eigenvalue weighted by molar-refractivity contribution is 5.18. The van der Waals surface area contributed by atoms with Crippen molar-refractivity contribution < 1.29 is 4.39 Å².